The summed E-state index contributed by atoms with van der Waals surface area (Å²) >= 11 is 0. The number of rotatable bonds is 4. The quantitative estimate of drug-likeness (QED) is 0.432. The molecule has 4 nitrogen and oxygen atoms in total. The van der Waals surface area contributed by atoms with Gasteiger partial charge in [-0.05, 0) is 24.3 Å². The van der Waals surface area contributed by atoms with Crippen molar-refractivity contribution in [1.29, 1.82) is 5.26 Å². The van der Waals surface area contributed by atoms with Gasteiger partial charge in [0.15, 0.2) is 0 Å². The molecule has 0 atom stereocenters. The lowest BCUT2D eigenvalue weighted by Gasteiger charge is -2.04. The van der Waals surface area contributed by atoms with E-state index in [4.69, 9.17) is 5.26 Å². The van der Waals surface area contributed by atoms with Crippen molar-refractivity contribution < 1.29 is 9.18 Å². The van der Waals surface area contributed by atoms with Crippen LogP contribution >= 0.6 is 0 Å². The number of hydrogen-bond donors (Lipinski definition) is 2. The van der Waals surface area contributed by atoms with Gasteiger partial charge in [-0.1, -0.05) is 0 Å². The van der Waals surface area contributed by atoms with Crippen molar-refractivity contribution in [3.05, 3.63) is 35.6 Å². The second-order valence-corrected chi connectivity index (χ2v) is 2.77. The first-order valence-corrected chi connectivity index (χ1v) is 4.35. The number of nitrogens with zero attached hydrogens (tertiary/aromatic N) is 1. The van der Waals surface area contributed by atoms with Crippen LogP contribution in [0.1, 0.15) is 10.4 Å². The molecule has 0 unspecified atom stereocenters. The van der Waals surface area contributed by atoms with E-state index in [0.29, 0.717) is 5.56 Å². The monoisotopic (exact) mass is 207 g/mol. The molecule has 0 fully saturated rings. The SMILES string of the molecule is N#CCNCNC(=O)c1ccc(F)cc1. The Labute approximate surface area is 86.7 Å². The first-order chi connectivity index (χ1) is 7.24. The van der Waals surface area contributed by atoms with E-state index < -0.39 is 0 Å². The Morgan fingerprint density at radius 1 is 1.40 bits per heavy atom. The Morgan fingerprint density at radius 3 is 2.67 bits per heavy atom. The molecule has 78 valence electrons. The Morgan fingerprint density at radius 2 is 2.07 bits per heavy atom. The average molecular weight is 207 g/mol. The highest BCUT2D eigenvalue weighted by molar-refractivity contribution is 5.94. The molecule has 0 saturated heterocycles. The highest BCUT2D eigenvalue weighted by Gasteiger charge is 2.03. The molecule has 0 aliphatic rings. The second-order valence-electron chi connectivity index (χ2n) is 2.77. The van der Waals surface area contributed by atoms with Crippen molar-refractivity contribution in [2.75, 3.05) is 13.2 Å². The minimum Gasteiger partial charge on any atom is -0.339 e. The lowest BCUT2D eigenvalue weighted by Crippen LogP contribution is -2.33. The molecule has 0 heterocycles. The molecule has 1 amide bonds. The van der Waals surface area contributed by atoms with Crippen LogP contribution in [0.3, 0.4) is 0 Å². The maximum absolute atomic E-state index is 12.5. The Balaban J connectivity index is 2.41. The molecule has 1 rings (SSSR count). The van der Waals surface area contributed by atoms with Gasteiger partial charge in [-0.3, -0.25) is 10.1 Å². The first kappa shape index (κ1) is 11.1. The minimum atomic E-state index is -0.380. The summed E-state index contributed by atoms with van der Waals surface area (Å²) in [5.41, 5.74) is 0.384. The predicted molar refractivity (Wildman–Crippen MR) is 52.3 cm³/mol. The second kappa shape index (κ2) is 5.73. The fourth-order valence-corrected chi connectivity index (χ4v) is 0.965. The van der Waals surface area contributed by atoms with Crippen LogP contribution in [0.5, 0.6) is 0 Å². The summed E-state index contributed by atoms with van der Waals surface area (Å²) in [6, 6.07) is 7.11. The van der Waals surface area contributed by atoms with Gasteiger partial charge < -0.3 is 5.32 Å². The van der Waals surface area contributed by atoms with E-state index in [2.05, 4.69) is 10.6 Å². The van der Waals surface area contributed by atoms with Gasteiger partial charge in [-0.25, -0.2) is 4.39 Å². The van der Waals surface area contributed by atoms with Gasteiger partial charge in [0.1, 0.15) is 5.82 Å². The summed E-state index contributed by atoms with van der Waals surface area (Å²) in [7, 11) is 0. The number of halogens is 1. The lowest BCUT2D eigenvalue weighted by atomic mass is 10.2. The fourth-order valence-electron chi connectivity index (χ4n) is 0.965. The Kier molecular flexibility index (Phi) is 4.26. The molecule has 0 bridgehead atoms. The number of carbonyl (C=O) groups excluding carboxylic acids is 1. The molecule has 0 saturated carbocycles. The zero-order chi connectivity index (χ0) is 11.1. The van der Waals surface area contributed by atoms with Gasteiger partial charge in [-0.2, -0.15) is 5.26 Å². The molecule has 15 heavy (non-hydrogen) atoms. The number of hydrogen-bond acceptors (Lipinski definition) is 3. The van der Waals surface area contributed by atoms with Gasteiger partial charge in [0.05, 0.1) is 19.3 Å². The topological polar surface area (TPSA) is 64.9 Å². The average Bonchev–Trinajstić information content (AvgIpc) is 2.25. The van der Waals surface area contributed by atoms with E-state index in [1.54, 1.807) is 0 Å². The standard InChI is InChI=1S/C10H10FN3O/c11-9-3-1-8(2-4-9)10(15)14-7-13-6-5-12/h1-4,13H,6-7H2,(H,14,15). The van der Waals surface area contributed by atoms with Crippen LogP contribution in [0.2, 0.25) is 0 Å². The molecule has 0 radical (unpaired) electrons. The maximum Gasteiger partial charge on any atom is 0.252 e. The molecular formula is C10H10FN3O. The van der Waals surface area contributed by atoms with Crippen molar-refractivity contribution in [3.63, 3.8) is 0 Å². The molecule has 0 aromatic heterocycles. The molecule has 0 spiro atoms. The Bertz CT molecular complexity index is 369. The number of amides is 1. The van der Waals surface area contributed by atoms with Crippen molar-refractivity contribution in [2.24, 2.45) is 0 Å². The lowest BCUT2D eigenvalue weighted by molar-refractivity contribution is 0.0951. The van der Waals surface area contributed by atoms with Crippen molar-refractivity contribution in [2.45, 2.75) is 0 Å². The summed E-state index contributed by atoms with van der Waals surface area (Å²) in [6.07, 6.45) is 0. The van der Waals surface area contributed by atoms with E-state index in [1.165, 1.54) is 24.3 Å². The van der Waals surface area contributed by atoms with Crippen LogP contribution in [0.4, 0.5) is 4.39 Å². The van der Waals surface area contributed by atoms with E-state index in [1.807, 2.05) is 6.07 Å². The van der Waals surface area contributed by atoms with Crippen molar-refractivity contribution >= 4 is 5.91 Å². The van der Waals surface area contributed by atoms with Crippen LogP contribution < -0.4 is 10.6 Å². The zero-order valence-corrected chi connectivity index (χ0v) is 7.96. The van der Waals surface area contributed by atoms with Gasteiger partial charge in [0.2, 0.25) is 0 Å². The van der Waals surface area contributed by atoms with E-state index in [9.17, 15) is 9.18 Å². The van der Waals surface area contributed by atoms with Crippen LogP contribution in [0.15, 0.2) is 24.3 Å². The molecule has 0 aliphatic carbocycles. The normalized spacial score (nSPS) is 9.33. The van der Waals surface area contributed by atoms with Crippen molar-refractivity contribution in [3.8, 4) is 6.07 Å². The summed E-state index contributed by atoms with van der Waals surface area (Å²) in [4.78, 5) is 11.4. The van der Waals surface area contributed by atoms with Crippen molar-refractivity contribution in [1.82, 2.24) is 10.6 Å². The summed E-state index contributed by atoms with van der Waals surface area (Å²) < 4.78 is 12.5. The van der Waals surface area contributed by atoms with Crippen LogP contribution in [-0.2, 0) is 0 Å². The highest BCUT2D eigenvalue weighted by Crippen LogP contribution is 2.01. The van der Waals surface area contributed by atoms with E-state index in [-0.39, 0.29) is 24.9 Å². The number of nitriles is 1. The molecule has 2 N–H and O–H groups in total. The summed E-state index contributed by atoms with van der Waals surface area (Å²) in [5.74, 6) is -0.686. The predicted octanol–water partition coefficient (Wildman–Crippen LogP) is 0.626. The largest absolute Gasteiger partial charge is 0.339 e. The minimum absolute atomic E-state index is 0.170. The van der Waals surface area contributed by atoms with E-state index in [0.717, 1.165) is 0 Å². The van der Waals surface area contributed by atoms with E-state index >= 15 is 0 Å². The maximum atomic E-state index is 12.5. The van der Waals surface area contributed by atoms with Crippen LogP contribution in [-0.4, -0.2) is 19.1 Å². The third-order valence-electron chi connectivity index (χ3n) is 1.68. The number of benzene rings is 1. The molecule has 1 aromatic rings. The first-order valence-electron chi connectivity index (χ1n) is 4.35. The Hall–Kier alpha value is -1.93. The molecule has 1 aromatic carbocycles. The van der Waals surface area contributed by atoms with Crippen LogP contribution in [0.25, 0.3) is 0 Å². The zero-order valence-electron chi connectivity index (χ0n) is 7.96. The third-order valence-corrected chi connectivity index (χ3v) is 1.68. The van der Waals surface area contributed by atoms with Gasteiger partial charge in [-0.15, -0.1) is 0 Å². The highest BCUT2D eigenvalue weighted by atomic mass is 19.1. The smallest absolute Gasteiger partial charge is 0.252 e. The number of carbonyl (C=O) groups is 1. The third kappa shape index (κ3) is 3.75. The summed E-state index contributed by atoms with van der Waals surface area (Å²) in [5, 5.41) is 13.4. The van der Waals surface area contributed by atoms with Crippen LogP contribution in [0, 0.1) is 17.1 Å². The molecule has 5 heteroatoms. The number of nitrogens with one attached hydrogen (secondary N) is 2. The summed E-state index contributed by atoms with van der Waals surface area (Å²) in [6.45, 7) is 0.382. The van der Waals surface area contributed by atoms with Gasteiger partial charge in [0, 0.05) is 5.56 Å². The fraction of sp³-hybridized carbons (Fsp3) is 0.200. The van der Waals surface area contributed by atoms with Gasteiger partial charge in [0.25, 0.3) is 5.91 Å². The van der Waals surface area contributed by atoms with Gasteiger partial charge >= 0.3 is 0 Å². The molecular weight excluding hydrogens is 197 g/mol. The molecule has 0 aliphatic heterocycles.